The van der Waals surface area contributed by atoms with Gasteiger partial charge in [-0.15, -0.1) is 0 Å². The highest BCUT2D eigenvalue weighted by molar-refractivity contribution is 5.66. The minimum absolute atomic E-state index is 0.297. The third kappa shape index (κ3) is 2.78. The number of rotatable bonds is 6. The number of allylic oxidation sites excluding steroid dienone is 2. The molecule has 3 unspecified atom stereocenters. The van der Waals surface area contributed by atoms with E-state index >= 15 is 0 Å². The van der Waals surface area contributed by atoms with Gasteiger partial charge in [-0.3, -0.25) is 4.79 Å². The first-order chi connectivity index (χ1) is 8.51. The van der Waals surface area contributed by atoms with E-state index in [1.165, 1.54) is 25.7 Å². The number of aliphatic carboxylic acids is 1. The van der Waals surface area contributed by atoms with Crippen LogP contribution >= 0.6 is 0 Å². The predicted octanol–water partition coefficient (Wildman–Crippen LogP) is 4.26. The van der Waals surface area contributed by atoms with Crippen LogP contribution in [0.15, 0.2) is 12.2 Å². The summed E-state index contributed by atoms with van der Waals surface area (Å²) >= 11 is 0. The Balaban J connectivity index is 1.68. The molecule has 2 nitrogen and oxygen atoms in total. The summed E-state index contributed by atoms with van der Waals surface area (Å²) in [6.45, 7) is 4.88. The molecule has 0 spiro atoms. The van der Waals surface area contributed by atoms with Crippen molar-refractivity contribution in [2.24, 2.45) is 23.2 Å². The Morgan fingerprint density at radius 1 is 1.33 bits per heavy atom. The Kier molecular flexibility index (Phi) is 4.14. The standard InChI is InChI=1S/C16H26O2/c1-16(2)13-10-9-12(14(16)11-13)7-5-3-4-6-8-15(17)18/h3,5,12-14H,4,6-11H2,1-2H3,(H,17,18)/b5-3-. The fourth-order valence-electron chi connectivity index (χ4n) is 4.00. The lowest BCUT2D eigenvalue weighted by molar-refractivity contribution is -0.137. The van der Waals surface area contributed by atoms with Gasteiger partial charge in [0.05, 0.1) is 0 Å². The van der Waals surface area contributed by atoms with E-state index in [9.17, 15) is 4.79 Å². The number of hydrogen-bond acceptors (Lipinski definition) is 1. The summed E-state index contributed by atoms with van der Waals surface area (Å²) in [7, 11) is 0. The molecule has 3 aliphatic carbocycles. The van der Waals surface area contributed by atoms with Gasteiger partial charge in [0.15, 0.2) is 0 Å². The second-order valence-corrected chi connectivity index (χ2v) is 6.69. The van der Waals surface area contributed by atoms with Crippen molar-refractivity contribution >= 4 is 5.97 Å². The Hall–Kier alpha value is -0.790. The van der Waals surface area contributed by atoms with E-state index < -0.39 is 5.97 Å². The molecule has 0 heterocycles. The van der Waals surface area contributed by atoms with Crippen molar-refractivity contribution < 1.29 is 9.90 Å². The highest BCUT2D eigenvalue weighted by atomic mass is 16.4. The molecule has 3 saturated carbocycles. The van der Waals surface area contributed by atoms with Crippen molar-refractivity contribution in [3.63, 3.8) is 0 Å². The molecule has 3 rings (SSSR count). The van der Waals surface area contributed by atoms with Gasteiger partial charge in [0.1, 0.15) is 0 Å². The smallest absolute Gasteiger partial charge is 0.303 e. The molecule has 0 radical (unpaired) electrons. The summed E-state index contributed by atoms with van der Waals surface area (Å²) in [6.07, 6.45) is 11.9. The number of fused-ring (bicyclic) bond motifs is 2. The van der Waals surface area contributed by atoms with E-state index in [0.717, 1.165) is 30.6 Å². The molecule has 0 aromatic heterocycles. The lowest BCUT2D eigenvalue weighted by Gasteiger charge is -2.60. The highest BCUT2D eigenvalue weighted by Gasteiger charge is 2.53. The van der Waals surface area contributed by atoms with Crippen molar-refractivity contribution in [2.75, 3.05) is 0 Å². The maximum Gasteiger partial charge on any atom is 0.303 e. The molecular formula is C16H26O2. The molecule has 3 aliphatic rings. The van der Waals surface area contributed by atoms with Gasteiger partial charge in [-0.25, -0.2) is 0 Å². The van der Waals surface area contributed by atoms with Crippen LogP contribution in [0, 0.1) is 23.2 Å². The molecule has 0 amide bonds. The molecule has 0 aromatic rings. The van der Waals surface area contributed by atoms with Crippen LogP contribution in [0.25, 0.3) is 0 Å². The molecule has 0 aliphatic heterocycles. The zero-order valence-electron chi connectivity index (χ0n) is 11.7. The molecule has 1 N–H and O–H groups in total. The van der Waals surface area contributed by atoms with E-state index in [1.807, 2.05) is 0 Å². The van der Waals surface area contributed by atoms with Gasteiger partial charge < -0.3 is 5.11 Å². The lowest BCUT2D eigenvalue weighted by atomic mass is 9.45. The Morgan fingerprint density at radius 2 is 2.11 bits per heavy atom. The second-order valence-electron chi connectivity index (χ2n) is 6.69. The van der Waals surface area contributed by atoms with Crippen molar-refractivity contribution in [3.05, 3.63) is 12.2 Å². The van der Waals surface area contributed by atoms with Crippen molar-refractivity contribution in [3.8, 4) is 0 Å². The van der Waals surface area contributed by atoms with Gasteiger partial charge in [0.2, 0.25) is 0 Å². The Bertz CT molecular complexity index is 328. The zero-order chi connectivity index (χ0) is 13.2. The molecule has 3 atom stereocenters. The van der Waals surface area contributed by atoms with E-state index in [2.05, 4.69) is 26.0 Å². The summed E-state index contributed by atoms with van der Waals surface area (Å²) in [6, 6.07) is 0. The number of carboxylic acids is 1. The van der Waals surface area contributed by atoms with Gasteiger partial charge in [-0.05, 0) is 61.7 Å². The summed E-state index contributed by atoms with van der Waals surface area (Å²) in [5.41, 5.74) is 0.583. The maximum absolute atomic E-state index is 10.4. The average Bonchev–Trinajstić information content (AvgIpc) is 2.33. The van der Waals surface area contributed by atoms with Crippen LogP contribution < -0.4 is 0 Å². The van der Waals surface area contributed by atoms with Gasteiger partial charge in [-0.2, -0.15) is 0 Å². The third-order valence-corrected chi connectivity index (χ3v) is 5.37. The Labute approximate surface area is 110 Å². The van der Waals surface area contributed by atoms with Crippen LogP contribution in [-0.2, 0) is 4.79 Å². The molecule has 3 fully saturated rings. The monoisotopic (exact) mass is 250 g/mol. The molecule has 0 saturated heterocycles. The summed E-state index contributed by atoms with van der Waals surface area (Å²) < 4.78 is 0. The molecule has 18 heavy (non-hydrogen) atoms. The first-order valence-electron chi connectivity index (χ1n) is 7.38. The molecule has 0 aromatic carbocycles. The van der Waals surface area contributed by atoms with Gasteiger partial charge in [0, 0.05) is 6.42 Å². The number of carbonyl (C=O) groups is 1. The predicted molar refractivity (Wildman–Crippen MR) is 73.3 cm³/mol. The van der Waals surface area contributed by atoms with Crippen molar-refractivity contribution in [1.82, 2.24) is 0 Å². The molecular weight excluding hydrogens is 224 g/mol. The van der Waals surface area contributed by atoms with Crippen molar-refractivity contribution in [1.29, 1.82) is 0 Å². The van der Waals surface area contributed by atoms with Crippen molar-refractivity contribution in [2.45, 2.75) is 58.8 Å². The summed E-state index contributed by atoms with van der Waals surface area (Å²) in [5.74, 6) is 2.11. The maximum atomic E-state index is 10.4. The molecule has 102 valence electrons. The quantitative estimate of drug-likeness (QED) is 0.565. The van der Waals surface area contributed by atoms with Crippen LogP contribution in [0.4, 0.5) is 0 Å². The third-order valence-electron chi connectivity index (χ3n) is 5.37. The number of unbranched alkanes of at least 4 members (excludes halogenated alkanes) is 1. The fraction of sp³-hybridized carbons (Fsp3) is 0.812. The van der Waals surface area contributed by atoms with Crippen LogP contribution in [0.5, 0.6) is 0 Å². The van der Waals surface area contributed by atoms with E-state index in [4.69, 9.17) is 5.11 Å². The number of hydrogen-bond donors (Lipinski definition) is 1. The minimum atomic E-state index is -0.682. The number of carboxylic acid groups (broad SMARTS) is 1. The first-order valence-corrected chi connectivity index (χ1v) is 7.38. The first kappa shape index (κ1) is 13.6. The molecule has 2 heteroatoms. The summed E-state index contributed by atoms with van der Waals surface area (Å²) in [4.78, 5) is 10.4. The van der Waals surface area contributed by atoms with E-state index in [-0.39, 0.29) is 0 Å². The fourth-order valence-corrected chi connectivity index (χ4v) is 4.00. The van der Waals surface area contributed by atoms with Crippen LogP contribution in [-0.4, -0.2) is 11.1 Å². The van der Waals surface area contributed by atoms with Crippen LogP contribution in [0.1, 0.15) is 58.8 Å². The van der Waals surface area contributed by atoms with Gasteiger partial charge >= 0.3 is 5.97 Å². The average molecular weight is 250 g/mol. The topological polar surface area (TPSA) is 37.3 Å². The largest absolute Gasteiger partial charge is 0.481 e. The lowest BCUT2D eigenvalue weighted by Crippen LogP contribution is -2.52. The van der Waals surface area contributed by atoms with Gasteiger partial charge in [-0.1, -0.05) is 26.0 Å². The van der Waals surface area contributed by atoms with Crippen LogP contribution in [0.2, 0.25) is 0 Å². The second kappa shape index (κ2) is 5.46. The van der Waals surface area contributed by atoms with E-state index in [0.29, 0.717) is 11.8 Å². The molecule has 2 bridgehead atoms. The Morgan fingerprint density at radius 3 is 2.72 bits per heavy atom. The highest BCUT2D eigenvalue weighted by Crippen LogP contribution is 2.62. The van der Waals surface area contributed by atoms with E-state index in [1.54, 1.807) is 0 Å². The normalized spacial score (nSPS) is 33.3. The zero-order valence-corrected chi connectivity index (χ0v) is 11.7. The van der Waals surface area contributed by atoms with Gasteiger partial charge in [0.25, 0.3) is 0 Å². The van der Waals surface area contributed by atoms with Crippen LogP contribution in [0.3, 0.4) is 0 Å². The SMILES string of the molecule is CC1(C)C2CCC(C/C=C\CCCC(=O)O)C1C2. The minimum Gasteiger partial charge on any atom is -0.481 e. The summed E-state index contributed by atoms with van der Waals surface area (Å²) in [5, 5.41) is 8.55.